The fourth-order valence-electron chi connectivity index (χ4n) is 1.64. The Hall–Kier alpha value is -1.27. The molecule has 0 bridgehead atoms. The third-order valence-corrected chi connectivity index (χ3v) is 3.58. The first-order valence-corrected chi connectivity index (χ1v) is 7.20. The standard InChI is InChI=1S/C14H8BrClF4O/c15-7-8-1-4-13(10(5-8)14(18,19)20)21-9-2-3-11(16)12(17)6-9/h1-6H,7H2. The summed E-state index contributed by atoms with van der Waals surface area (Å²) in [6.45, 7) is 0. The first-order chi connectivity index (χ1) is 9.81. The van der Waals surface area contributed by atoms with E-state index in [4.69, 9.17) is 16.3 Å². The Kier molecular flexibility index (Phi) is 4.78. The van der Waals surface area contributed by atoms with Crippen molar-refractivity contribution in [1.82, 2.24) is 0 Å². The maximum absolute atomic E-state index is 13.3. The summed E-state index contributed by atoms with van der Waals surface area (Å²) in [6, 6.07) is 7.12. The Labute approximate surface area is 131 Å². The van der Waals surface area contributed by atoms with Gasteiger partial charge in [-0.3, -0.25) is 0 Å². The van der Waals surface area contributed by atoms with Gasteiger partial charge in [-0.1, -0.05) is 33.6 Å². The lowest BCUT2D eigenvalue weighted by molar-refractivity contribution is -0.138. The van der Waals surface area contributed by atoms with Gasteiger partial charge < -0.3 is 4.74 Å². The first-order valence-electron chi connectivity index (χ1n) is 5.70. The van der Waals surface area contributed by atoms with E-state index in [1.165, 1.54) is 24.3 Å². The van der Waals surface area contributed by atoms with Crippen LogP contribution in [0.4, 0.5) is 17.6 Å². The molecule has 0 aliphatic rings. The Balaban J connectivity index is 2.41. The molecule has 0 spiro atoms. The molecule has 0 saturated carbocycles. The molecule has 0 aliphatic heterocycles. The highest BCUT2D eigenvalue weighted by Crippen LogP contribution is 2.39. The van der Waals surface area contributed by atoms with Gasteiger partial charge in [0.15, 0.2) is 0 Å². The monoisotopic (exact) mass is 382 g/mol. The number of alkyl halides is 4. The number of benzene rings is 2. The van der Waals surface area contributed by atoms with Crippen LogP contribution in [0.15, 0.2) is 36.4 Å². The number of ether oxygens (including phenoxy) is 1. The van der Waals surface area contributed by atoms with Crippen molar-refractivity contribution in [2.75, 3.05) is 0 Å². The van der Waals surface area contributed by atoms with E-state index in [1.54, 1.807) is 0 Å². The highest BCUT2D eigenvalue weighted by molar-refractivity contribution is 9.08. The lowest BCUT2D eigenvalue weighted by Crippen LogP contribution is -2.07. The summed E-state index contributed by atoms with van der Waals surface area (Å²) in [6.07, 6.45) is -4.57. The molecule has 0 radical (unpaired) electrons. The molecule has 7 heteroatoms. The van der Waals surface area contributed by atoms with Gasteiger partial charge in [0.1, 0.15) is 17.3 Å². The summed E-state index contributed by atoms with van der Waals surface area (Å²) in [5.41, 5.74) is -0.466. The van der Waals surface area contributed by atoms with Gasteiger partial charge in [0.05, 0.1) is 10.6 Å². The molecule has 0 amide bonds. The van der Waals surface area contributed by atoms with Crippen LogP contribution in [0.5, 0.6) is 11.5 Å². The quantitative estimate of drug-likeness (QED) is 0.454. The normalized spacial score (nSPS) is 11.5. The van der Waals surface area contributed by atoms with Gasteiger partial charge in [0, 0.05) is 11.4 Å². The molecule has 0 aliphatic carbocycles. The third kappa shape index (κ3) is 3.89. The van der Waals surface area contributed by atoms with Crippen molar-refractivity contribution in [3.63, 3.8) is 0 Å². The Morgan fingerprint density at radius 3 is 2.38 bits per heavy atom. The Morgan fingerprint density at radius 1 is 1.10 bits per heavy atom. The fourth-order valence-corrected chi connectivity index (χ4v) is 2.10. The lowest BCUT2D eigenvalue weighted by atomic mass is 10.1. The number of hydrogen-bond donors (Lipinski definition) is 0. The predicted molar refractivity (Wildman–Crippen MR) is 75.6 cm³/mol. The van der Waals surface area contributed by atoms with Crippen molar-refractivity contribution >= 4 is 27.5 Å². The highest BCUT2D eigenvalue weighted by atomic mass is 79.9. The Bertz CT molecular complexity index is 658. The second-order valence-corrected chi connectivity index (χ2v) is 5.11. The van der Waals surface area contributed by atoms with Gasteiger partial charge in [-0.2, -0.15) is 13.2 Å². The molecule has 0 aromatic heterocycles. The average Bonchev–Trinajstić information content (AvgIpc) is 2.42. The van der Waals surface area contributed by atoms with E-state index in [9.17, 15) is 17.6 Å². The molecular formula is C14H8BrClF4O. The van der Waals surface area contributed by atoms with E-state index in [2.05, 4.69) is 15.9 Å². The van der Waals surface area contributed by atoms with Crippen LogP contribution in [-0.2, 0) is 11.5 Å². The maximum atomic E-state index is 13.3. The van der Waals surface area contributed by atoms with Gasteiger partial charge in [-0.05, 0) is 29.8 Å². The number of hydrogen-bond acceptors (Lipinski definition) is 1. The molecule has 2 rings (SSSR count). The summed E-state index contributed by atoms with van der Waals surface area (Å²) < 4.78 is 57.5. The van der Waals surface area contributed by atoms with Crippen LogP contribution in [0, 0.1) is 5.82 Å². The van der Waals surface area contributed by atoms with Crippen molar-refractivity contribution in [3.8, 4) is 11.5 Å². The van der Waals surface area contributed by atoms with Gasteiger partial charge in [-0.25, -0.2) is 4.39 Å². The van der Waals surface area contributed by atoms with Crippen LogP contribution in [0.25, 0.3) is 0 Å². The van der Waals surface area contributed by atoms with Crippen molar-refractivity contribution in [1.29, 1.82) is 0 Å². The average molecular weight is 384 g/mol. The van der Waals surface area contributed by atoms with E-state index in [1.807, 2.05) is 0 Å². The van der Waals surface area contributed by atoms with Crippen LogP contribution in [-0.4, -0.2) is 0 Å². The minimum atomic E-state index is -4.57. The topological polar surface area (TPSA) is 9.23 Å². The molecule has 0 unspecified atom stereocenters. The molecule has 0 N–H and O–H groups in total. The van der Waals surface area contributed by atoms with Crippen LogP contribution in [0.3, 0.4) is 0 Å². The first kappa shape index (κ1) is 16.1. The summed E-state index contributed by atoms with van der Waals surface area (Å²) in [4.78, 5) is 0. The van der Waals surface area contributed by atoms with Crippen molar-refractivity contribution < 1.29 is 22.3 Å². The molecule has 0 fully saturated rings. The molecule has 21 heavy (non-hydrogen) atoms. The lowest BCUT2D eigenvalue weighted by Gasteiger charge is -2.15. The summed E-state index contributed by atoms with van der Waals surface area (Å²) in [5.74, 6) is -1.22. The van der Waals surface area contributed by atoms with Crippen molar-refractivity contribution in [2.45, 2.75) is 11.5 Å². The molecule has 112 valence electrons. The van der Waals surface area contributed by atoms with Crippen molar-refractivity contribution in [3.05, 3.63) is 58.4 Å². The molecule has 2 aromatic carbocycles. The zero-order valence-electron chi connectivity index (χ0n) is 10.3. The predicted octanol–water partition coefficient (Wildman–Crippen LogP) is 6.19. The van der Waals surface area contributed by atoms with E-state index in [-0.39, 0.29) is 16.1 Å². The maximum Gasteiger partial charge on any atom is 0.419 e. The van der Waals surface area contributed by atoms with E-state index < -0.39 is 23.3 Å². The zero-order valence-corrected chi connectivity index (χ0v) is 12.7. The van der Waals surface area contributed by atoms with E-state index in [0.717, 1.165) is 12.1 Å². The molecule has 2 aromatic rings. The summed E-state index contributed by atoms with van der Waals surface area (Å²) in [5, 5.41) is 0.152. The fraction of sp³-hybridized carbons (Fsp3) is 0.143. The minimum absolute atomic E-state index is 0.0611. The zero-order chi connectivity index (χ0) is 15.6. The van der Waals surface area contributed by atoms with Gasteiger partial charge in [0.2, 0.25) is 0 Å². The van der Waals surface area contributed by atoms with E-state index in [0.29, 0.717) is 5.56 Å². The second-order valence-electron chi connectivity index (χ2n) is 4.14. The van der Waals surface area contributed by atoms with Gasteiger partial charge in [0.25, 0.3) is 0 Å². The number of rotatable bonds is 3. The molecule has 0 atom stereocenters. The summed E-state index contributed by atoms with van der Waals surface area (Å²) in [7, 11) is 0. The van der Waals surface area contributed by atoms with E-state index >= 15 is 0 Å². The number of halogens is 6. The van der Waals surface area contributed by atoms with Crippen LogP contribution >= 0.6 is 27.5 Å². The summed E-state index contributed by atoms with van der Waals surface area (Å²) >= 11 is 8.61. The molecule has 1 nitrogen and oxygen atoms in total. The largest absolute Gasteiger partial charge is 0.457 e. The Morgan fingerprint density at radius 2 is 1.81 bits per heavy atom. The minimum Gasteiger partial charge on any atom is -0.457 e. The smallest absolute Gasteiger partial charge is 0.419 e. The third-order valence-electron chi connectivity index (χ3n) is 2.62. The van der Waals surface area contributed by atoms with Crippen molar-refractivity contribution in [2.24, 2.45) is 0 Å². The van der Waals surface area contributed by atoms with Crippen LogP contribution in [0.2, 0.25) is 5.02 Å². The molecule has 0 heterocycles. The van der Waals surface area contributed by atoms with Gasteiger partial charge >= 0.3 is 6.18 Å². The van der Waals surface area contributed by atoms with Gasteiger partial charge in [-0.15, -0.1) is 0 Å². The molecular weight excluding hydrogens is 376 g/mol. The highest BCUT2D eigenvalue weighted by Gasteiger charge is 2.34. The SMILES string of the molecule is Fc1cc(Oc2ccc(CBr)cc2C(F)(F)F)ccc1Cl. The van der Waals surface area contributed by atoms with Crippen LogP contribution in [0.1, 0.15) is 11.1 Å². The molecule has 0 saturated heterocycles. The second kappa shape index (κ2) is 6.23. The van der Waals surface area contributed by atoms with Crippen LogP contribution < -0.4 is 4.74 Å².